The Balaban J connectivity index is 2.45. The minimum absolute atomic E-state index is 0.182. The van der Waals surface area contributed by atoms with Gasteiger partial charge in [-0.3, -0.25) is 10.2 Å². The normalized spacial score (nSPS) is 12.3. The minimum atomic E-state index is -0.567. The van der Waals surface area contributed by atoms with Crippen LogP contribution < -0.4 is 15.6 Å². The van der Waals surface area contributed by atoms with E-state index in [9.17, 15) is 4.79 Å². The number of hydrogen-bond acceptors (Lipinski definition) is 3. The largest absolute Gasteiger partial charge is 0.481 e. The van der Waals surface area contributed by atoms with Crippen LogP contribution in [0.3, 0.4) is 0 Å². The third-order valence-corrected chi connectivity index (χ3v) is 2.23. The topological polar surface area (TPSA) is 50.4 Å². The highest BCUT2D eigenvalue weighted by Gasteiger charge is 2.14. The number of nitrogens with one attached hydrogen (secondary N) is 2. The molecule has 5 heteroatoms. The maximum Gasteiger partial charge on any atom is 0.274 e. The van der Waals surface area contributed by atoms with Crippen LogP contribution in [0.4, 0.5) is 0 Å². The van der Waals surface area contributed by atoms with E-state index in [1.807, 2.05) is 13.8 Å². The highest BCUT2D eigenvalue weighted by atomic mass is 35.5. The van der Waals surface area contributed by atoms with Gasteiger partial charge in [0, 0.05) is 11.1 Å². The summed E-state index contributed by atoms with van der Waals surface area (Å²) in [6.45, 7) is 5.56. The first kappa shape index (κ1) is 13.8. The molecular formula is C12H17ClN2O2. The number of carbonyl (C=O) groups is 1. The fraction of sp³-hybridized carbons (Fsp3) is 0.417. The van der Waals surface area contributed by atoms with Crippen LogP contribution in [0.1, 0.15) is 20.8 Å². The van der Waals surface area contributed by atoms with Crippen LogP contribution in [0.2, 0.25) is 5.02 Å². The van der Waals surface area contributed by atoms with E-state index < -0.39 is 6.10 Å². The number of halogens is 1. The Bertz CT molecular complexity index is 365. The van der Waals surface area contributed by atoms with Crippen molar-refractivity contribution >= 4 is 17.5 Å². The predicted molar refractivity (Wildman–Crippen MR) is 68.0 cm³/mol. The van der Waals surface area contributed by atoms with Crippen LogP contribution in [0, 0.1) is 0 Å². The summed E-state index contributed by atoms with van der Waals surface area (Å²) < 4.78 is 5.45. The van der Waals surface area contributed by atoms with Crippen molar-refractivity contribution in [1.29, 1.82) is 0 Å². The molecule has 1 atom stereocenters. The third-order valence-electron chi connectivity index (χ3n) is 1.98. The van der Waals surface area contributed by atoms with Crippen molar-refractivity contribution in [2.75, 3.05) is 0 Å². The maximum atomic E-state index is 11.6. The van der Waals surface area contributed by atoms with Crippen LogP contribution in [0.5, 0.6) is 5.75 Å². The second-order valence-electron chi connectivity index (χ2n) is 4.00. The van der Waals surface area contributed by atoms with Gasteiger partial charge in [0.15, 0.2) is 6.10 Å². The van der Waals surface area contributed by atoms with E-state index in [1.54, 1.807) is 31.2 Å². The smallest absolute Gasteiger partial charge is 0.274 e. The number of amides is 1. The number of rotatable bonds is 5. The molecule has 0 heterocycles. The van der Waals surface area contributed by atoms with Crippen LogP contribution in [0.25, 0.3) is 0 Å². The number of carbonyl (C=O) groups excluding carboxylic acids is 1. The van der Waals surface area contributed by atoms with Gasteiger partial charge < -0.3 is 4.74 Å². The molecule has 1 aromatic rings. The van der Waals surface area contributed by atoms with Crippen molar-refractivity contribution in [3.63, 3.8) is 0 Å². The molecule has 0 aliphatic rings. The monoisotopic (exact) mass is 256 g/mol. The van der Waals surface area contributed by atoms with Gasteiger partial charge >= 0.3 is 0 Å². The summed E-state index contributed by atoms with van der Waals surface area (Å²) in [6.07, 6.45) is -0.567. The lowest BCUT2D eigenvalue weighted by atomic mass is 10.3. The summed E-state index contributed by atoms with van der Waals surface area (Å²) in [6, 6.07) is 7.06. The van der Waals surface area contributed by atoms with Crippen molar-refractivity contribution in [2.24, 2.45) is 0 Å². The summed E-state index contributed by atoms with van der Waals surface area (Å²) in [4.78, 5) is 11.6. The molecule has 1 amide bonds. The number of benzene rings is 1. The Kier molecular flexibility index (Phi) is 5.25. The van der Waals surface area contributed by atoms with E-state index in [2.05, 4.69) is 10.9 Å². The fourth-order valence-corrected chi connectivity index (χ4v) is 1.21. The summed E-state index contributed by atoms with van der Waals surface area (Å²) in [5.41, 5.74) is 5.39. The van der Waals surface area contributed by atoms with Gasteiger partial charge in [0.2, 0.25) is 0 Å². The predicted octanol–water partition coefficient (Wildman–Crippen LogP) is 2.14. The lowest BCUT2D eigenvalue weighted by Crippen LogP contribution is -2.47. The van der Waals surface area contributed by atoms with Gasteiger partial charge in [-0.25, -0.2) is 5.43 Å². The average molecular weight is 257 g/mol. The molecule has 4 nitrogen and oxygen atoms in total. The summed E-state index contributed by atoms with van der Waals surface area (Å²) in [7, 11) is 0. The molecule has 0 fully saturated rings. The van der Waals surface area contributed by atoms with Crippen LogP contribution in [0.15, 0.2) is 24.3 Å². The Morgan fingerprint density at radius 2 is 1.82 bits per heavy atom. The highest BCUT2D eigenvalue weighted by molar-refractivity contribution is 6.30. The van der Waals surface area contributed by atoms with E-state index in [4.69, 9.17) is 16.3 Å². The SMILES string of the molecule is CC(C)NNC(=O)[C@@H](C)Oc1ccc(Cl)cc1. The molecule has 0 saturated heterocycles. The quantitative estimate of drug-likeness (QED) is 0.794. The Hall–Kier alpha value is -1.26. The molecule has 1 rings (SSSR count). The molecule has 0 saturated carbocycles. The van der Waals surface area contributed by atoms with Gasteiger partial charge in [-0.15, -0.1) is 0 Å². The second kappa shape index (κ2) is 6.47. The minimum Gasteiger partial charge on any atom is -0.481 e. The molecule has 1 aromatic carbocycles. The molecule has 17 heavy (non-hydrogen) atoms. The van der Waals surface area contributed by atoms with Gasteiger partial charge in [-0.05, 0) is 45.0 Å². The molecule has 94 valence electrons. The molecule has 0 spiro atoms. The molecule has 2 N–H and O–H groups in total. The van der Waals surface area contributed by atoms with Crippen molar-refractivity contribution in [2.45, 2.75) is 32.9 Å². The molecule has 0 aliphatic carbocycles. The first-order valence-electron chi connectivity index (χ1n) is 5.46. The summed E-state index contributed by atoms with van der Waals surface area (Å²) in [5.74, 6) is 0.398. The van der Waals surface area contributed by atoms with E-state index >= 15 is 0 Å². The van der Waals surface area contributed by atoms with E-state index in [0.717, 1.165) is 0 Å². The number of ether oxygens (including phenoxy) is 1. The lowest BCUT2D eigenvalue weighted by molar-refractivity contribution is -0.128. The number of hydrogen-bond donors (Lipinski definition) is 2. The Labute approximate surface area is 106 Å². The van der Waals surface area contributed by atoms with Crippen molar-refractivity contribution in [3.8, 4) is 5.75 Å². The lowest BCUT2D eigenvalue weighted by Gasteiger charge is -2.16. The molecule has 0 aromatic heterocycles. The van der Waals surface area contributed by atoms with Gasteiger partial charge in [-0.1, -0.05) is 11.6 Å². The third kappa shape index (κ3) is 5.06. The first-order chi connectivity index (χ1) is 7.99. The van der Waals surface area contributed by atoms with E-state index in [1.165, 1.54) is 0 Å². The second-order valence-corrected chi connectivity index (χ2v) is 4.44. The Morgan fingerprint density at radius 3 is 2.35 bits per heavy atom. The van der Waals surface area contributed by atoms with Crippen LogP contribution in [-0.2, 0) is 4.79 Å². The summed E-state index contributed by atoms with van der Waals surface area (Å²) >= 11 is 5.75. The fourth-order valence-electron chi connectivity index (χ4n) is 1.09. The van der Waals surface area contributed by atoms with E-state index in [-0.39, 0.29) is 11.9 Å². The van der Waals surface area contributed by atoms with Gasteiger partial charge in [-0.2, -0.15) is 0 Å². The zero-order valence-electron chi connectivity index (χ0n) is 10.2. The zero-order valence-corrected chi connectivity index (χ0v) is 10.9. The Morgan fingerprint density at radius 1 is 1.24 bits per heavy atom. The van der Waals surface area contributed by atoms with Crippen molar-refractivity contribution in [1.82, 2.24) is 10.9 Å². The van der Waals surface area contributed by atoms with Gasteiger partial charge in [0.25, 0.3) is 5.91 Å². The molecule has 0 aliphatic heterocycles. The maximum absolute atomic E-state index is 11.6. The zero-order chi connectivity index (χ0) is 12.8. The molecular weight excluding hydrogens is 240 g/mol. The molecule has 0 unspecified atom stereocenters. The van der Waals surface area contributed by atoms with Crippen molar-refractivity contribution < 1.29 is 9.53 Å². The van der Waals surface area contributed by atoms with Gasteiger partial charge in [0.1, 0.15) is 5.75 Å². The van der Waals surface area contributed by atoms with Gasteiger partial charge in [0.05, 0.1) is 0 Å². The molecule has 0 radical (unpaired) electrons. The van der Waals surface area contributed by atoms with Crippen LogP contribution in [-0.4, -0.2) is 18.1 Å². The average Bonchev–Trinajstić information content (AvgIpc) is 2.28. The van der Waals surface area contributed by atoms with Crippen molar-refractivity contribution in [3.05, 3.63) is 29.3 Å². The first-order valence-corrected chi connectivity index (χ1v) is 5.84. The number of hydrazine groups is 1. The summed E-state index contributed by atoms with van der Waals surface area (Å²) in [5, 5.41) is 0.635. The highest BCUT2D eigenvalue weighted by Crippen LogP contribution is 2.16. The van der Waals surface area contributed by atoms with Crippen LogP contribution >= 0.6 is 11.6 Å². The molecule has 0 bridgehead atoms. The standard InChI is InChI=1S/C12H17ClN2O2/c1-8(2)14-15-12(16)9(3)17-11-6-4-10(13)5-7-11/h4-9,14H,1-3H3,(H,15,16)/t9-/m1/s1. The van der Waals surface area contributed by atoms with E-state index in [0.29, 0.717) is 10.8 Å².